The van der Waals surface area contributed by atoms with E-state index in [1.54, 1.807) is 18.2 Å². The Morgan fingerprint density at radius 3 is 3.15 bits per heavy atom. The maximum absolute atomic E-state index is 10.8. The summed E-state index contributed by atoms with van der Waals surface area (Å²) in [5, 5.41) is 8.29. The largest absolute Gasteiger partial charge is 0.417 e. The summed E-state index contributed by atoms with van der Waals surface area (Å²) in [6, 6.07) is 4.81. The number of aromatic nitrogens is 1. The van der Waals surface area contributed by atoms with E-state index in [-0.39, 0.29) is 5.75 Å². The van der Waals surface area contributed by atoms with E-state index in [1.165, 1.54) is 6.26 Å². The van der Waals surface area contributed by atoms with Crippen molar-refractivity contribution >= 4 is 11.1 Å². The zero-order valence-corrected chi connectivity index (χ0v) is 6.40. The Hall–Kier alpha value is -2.22. The molecule has 1 heterocycles. The molecule has 2 rings (SSSR count). The molecule has 5 heteroatoms. The summed E-state index contributed by atoms with van der Waals surface area (Å²) >= 11 is 0. The van der Waals surface area contributed by atoms with Gasteiger partial charge in [-0.25, -0.2) is 4.79 Å². The Labute approximate surface area is 72.2 Å². The maximum Gasteiger partial charge on any atom is 0.417 e. The molecule has 0 unspecified atom stereocenters. The monoisotopic (exact) mass is 176 g/mol. The number of H-pyrrole nitrogens is 1. The number of oxazole rings is 1. The van der Waals surface area contributed by atoms with Crippen molar-refractivity contribution in [1.82, 2.24) is 4.98 Å². The SMILES string of the molecule is N#COc1cccc2oc(=O)[nH]c12. The predicted octanol–water partition coefficient (Wildman–Crippen LogP) is 0.981. The van der Waals surface area contributed by atoms with Crippen molar-refractivity contribution in [1.29, 1.82) is 5.26 Å². The Balaban J connectivity index is 2.76. The lowest BCUT2D eigenvalue weighted by molar-refractivity contribution is 0.512. The molecule has 1 aromatic carbocycles. The van der Waals surface area contributed by atoms with Crippen LogP contribution in [0, 0.1) is 11.5 Å². The smallest absolute Gasteiger partial charge is 0.408 e. The molecule has 0 atom stereocenters. The number of hydrogen-bond acceptors (Lipinski definition) is 4. The third-order valence-corrected chi connectivity index (χ3v) is 1.57. The molecule has 0 spiro atoms. The van der Waals surface area contributed by atoms with Crippen LogP contribution in [-0.4, -0.2) is 4.98 Å². The number of rotatable bonds is 1. The molecule has 0 fully saturated rings. The molecule has 0 aliphatic carbocycles. The molecule has 1 aromatic heterocycles. The van der Waals surface area contributed by atoms with Crippen molar-refractivity contribution in [2.24, 2.45) is 0 Å². The fraction of sp³-hybridized carbons (Fsp3) is 0. The Morgan fingerprint density at radius 2 is 2.38 bits per heavy atom. The van der Waals surface area contributed by atoms with Gasteiger partial charge in [0.1, 0.15) is 5.52 Å². The van der Waals surface area contributed by atoms with Crippen LogP contribution in [0.5, 0.6) is 5.75 Å². The predicted molar refractivity (Wildman–Crippen MR) is 43.1 cm³/mol. The molecule has 2 aromatic rings. The second-order valence-electron chi connectivity index (χ2n) is 2.34. The van der Waals surface area contributed by atoms with Crippen LogP contribution in [0.4, 0.5) is 0 Å². The van der Waals surface area contributed by atoms with Crippen LogP contribution >= 0.6 is 0 Å². The highest BCUT2D eigenvalue weighted by atomic mass is 16.5. The van der Waals surface area contributed by atoms with E-state index in [9.17, 15) is 4.79 Å². The van der Waals surface area contributed by atoms with Crippen molar-refractivity contribution in [2.75, 3.05) is 0 Å². The highest BCUT2D eigenvalue weighted by Gasteiger charge is 2.06. The summed E-state index contributed by atoms with van der Waals surface area (Å²) in [4.78, 5) is 13.2. The fourth-order valence-corrected chi connectivity index (χ4v) is 1.08. The first-order chi connectivity index (χ1) is 6.31. The topological polar surface area (TPSA) is 79.0 Å². The van der Waals surface area contributed by atoms with Gasteiger partial charge >= 0.3 is 5.76 Å². The average Bonchev–Trinajstić information content (AvgIpc) is 2.47. The van der Waals surface area contributed by atoms with E-state index in [0.29, 0.717) is 11.1 Å². The third-order valence-electron chi connectivity index (χ3n) is 1.57. The van der Waals surface area contributed by atoms with Crippen molar-refractivity contribution < 1.29 is 9.15 Å². The van der Waals surface area contributed by atoms with Crippen LogP contribution in [0.1, 0.15) is 0 Å². The van der Waals surface area contributed by atoms with Gasteiger partial charge in [0.2, 0.25) is 0 Å². The molecular formula is C8H4N2O3. The summed E-state index contributed by atoms with van der Waals surface area (Å²) in [6.45, 7) is 0. The number of nitrogens with zero attached hydrogens (tertiary/aromatic N) is 1. The summed E-state index contributed by atoms with van der Waals surface area (Å²) < 4.78 is 9.36. The molecule has 64 valence electrons. The van der Waals surface area contributed by atoms with Crippen molar-refractivity contribution in [2.45, 2.75) is 0 Å². The summed E-state index contributed by atoms with van der Waals surface area (Å²) in [7, 11) is 0. The van der Waals surface area contributed by atoms with Gasteiger partial charge in [-0.15, -0.1) is 5.26 Å². The first kappa shape index (κ1) is 7.43. The van der Waals surface area contributed by atoms with E-state index < -0.39 is 5.76 Å². The minimum absolute atomic E-state index is 0.283. The van der Waals surface area contributed by atoms with Crippen LogP contribution in [-0.2, 0) is 0 Å². The van der Waals surface area contributed by atoms with Gasteiger partial charge in [-0.2, -0.15) is 0 Å². The third kappa shape index (κ3) is 1.14. The lowest BCUT2D eigenvalue weighted by atomic mass is 10.3. The first-order valence-electron chi connectivity index (χ1n) is 3.49. The molecule has 0 radical (unpaired) electrons. The molecule has 0 saturated carbocycles. The zero-order chi connectivity index (χ0) is 9.26. The van der Waals surface area contributed by atoms with Crippen LogP contribution in [0.15, 0.2) is 27.4 Å². The van der Waals surface area contributed by atoms with Gasteiger partial charge in [-0.05, 0) is 12.1 Å². The Morgan fingerprint density at radius 1 is 1.54 bits per heavy atom. The molecule has 5 nitrogen and oxygen atoms in total. The minimum Gasteiger partial charge on any atom is -0.408 e. The van der Waals surface area contributed by atoms with Crippen LogP contribution in [0.25, 0.3) is 11.1 Å². The van der Waals surface area contributed by atoms with Crippen molar-refractivity contribution in [3.05, 3.63) is 28.7 Å². The molecule has 13 heavy (non-hydrogen) atoms. The van der Waals surface area contributed by atoms with Gasteiger partial charge in [0, 0.05) is 0 Å². The number of benzene rings is 1. The molecule has 0 aliphatic heterocycles. The normalized spacial score (nSPS) is 9.77. The highest BCUT2D eigenvalue weighted by molar-refractivity contribution is 5.79. The van der Waals surface area contributed by atoms with Gasteiger partial charge in [-0.3, -0.25) is 4.98 Å². The highest BCUT2D eigenvalue weighted by Crippen LogP contribution is 2.21. The fourth-order valence-electron chi connectivity index (χ4n) is 1.08. The first-order valence-corrected chi connectivity index (χ1v) is 3.49. The molecule has 0 saturated heterocycles. The van der Waals surface area contributed by atoms with E-state index in [0.717, 1.165) is 0 Å². The standard InChI is InChI=1S/C8H4N2O3/c9-4-12-5-2-1-3-6-7(5)10-8(11)13-6/h1-3H,(H,10,11). The molecule has 0 amide bonds. The average molecular weight is 176 g/mol. The summed E-state index contributed by atoms with van der Waals surface area (Å²) in [5.41, 5.74) is 0.770. The van der Waals surface area contributed by atoms with E-state index >= 15 is 0 Å². The second kappa shape index (κ2) is 2.68. The van der Waals surface area contributed by atoms with Gasteiger partial charge in [0.05, 0.1) is 0 Å². The Kier molecular flexibility index (Phi) is 1.53. The number of nitriles is 1. The minimum atomic E-state index is -0.566. The van der Waals surface area contributed by atoms with Crippen LogP contribution in [0.3, 0.4) is 0 Å². The number of hydrogen-bond donors (Lipinski definition) is 1. The van der Waals surface area contributed by atoms with Crippen LogP contribution < -0.4 is 10.5 Å². The van der Waals surface area contributed by atoms with Crippen molar-refractivity contribution in [3.63, 3.8) is 0 Å². The second-order valence-corrected chi connectivity index (χ2v) is 2.34. The molecule has 0 aliphatic rings. The van der Waals surface area contributed by atoms with Gasteiger partial charge in [0.25, 0.3) is 6.26 Å². The quantitative estimate of drug-likeness (QED) is 0.657. The number of para-hydroxylation sites is 1. The van der Waals surface area contributed by atoms with Crippen molar-refractivity contribution in [3.8, 4) is 12.0 Å². The van der Waals surface area contributed by atoms with Crippen LogP contribution in [0.2, 0.25) is 0 Å². The van der Waals surface area contributed by atoms with E-state index in [1.807, 2.05) is 0 Å². The van der Waals surface area contributed by atoms with E-state index in [2.05, 4.69) is 9.72 Å². The molecule has 1 N–H and O–H groups in total. The number of ether oxygens (including phenoxy) is 1. The lowest BCUT2D eigenvalue weighted by Gasteiger charge is -1.93. The van der Waals surface area contributed by atoms with Gasteiger partial charge < -0.3 is 9.15 Å². The maximum atomic E-state index is 10.8. The molecule has 0 bridgehead atoms. The number of nitrogens with one attached hydrogen (secondary N) is 1. The number of aromatic amines is 1. The van der Waals surface area contributed by atoms with E-state index in [4.69, 9.17) is 9.68 Å². The Bertz CT molecular complexity index is 532. The van der Waals surface area contributed by atoms with Gasteiger partial charge in [-0.1, -0.05) is 6.07 Å². The molecular weight excluding hydrogens is 172 g/mol. The summed E-state index contributed by atoms with van der Waals surface area (Å²) in [6.07, 6.45) is 1.52. The van der Waals surface area contributed by atoms with Gasteiger partial charge in [0.15, 0.2) is 11.3 Å². The lowest BCUT2D eigenvalue weighted by Crippen LogP contribution is -1.93. The number of fused-ring (bicyclic) bond motifs is 1. The summed E-state index contributed by atoms with van der Waals surface area (Å²) in [5.74, 6) is -0.283. The zero-order valence-electron chi connectivity index (χ0n) is 6.40.